The van der Waals surface area contributed by atoms with Crippen molar-refractivity contribution in [1.82, 2.24) is 9.80 Å². The first-order valence-corrected chi connectivity index (χ1v) is 8.61. The highest BCUT2D eigenvalue weighted by molar-refractivity contribution is 5.91. The molecular weight excluding hydrogens is 300 g/mol. The molecule has 2 aliphatic heterocycles. The number of amides is 1. The van der Waals surface area contributed by atoms with Crippen LogP contribution in [0.2, 0.25) is 0 Å². The molecule has 0 radical (unpaired) electrons. The lowest BCUT2D eigenvalue weighted by atomic mass is 9.98. The molecule has 2 aromatic rings. The van der Waals surface area contributed by atoms with Crippen molar-refractivity contribution in [2.24, 2.45) is 0 Å². The Bertz CT molecular complexity index is 736. The summed E-state index contributed by atoms with van der Waals surface area (Å²) in [5, 5.41) is 0. The third-order valence-electron chi connectivity index (χ3n) is 5.08. The number of fused-ring (bicyclic) bond motifs is 1. The van der Waals surface area contributed by atoms with Gasteiger partial charge in [0.05, 0.1) is 6.26 Å². The van der Waals surface area contributed by atoms with Crippen molar-refractivity contribution in [2.75, 3.05) is 19.6 Å². The van der Waals surface area contributed by atoms with Gasteiger partial charge in [-0.3, -0.25) is 9.69 Å². The van der Waals surface area contributed by atoms with Crippen molar-refractivity contribution in [2.45, 2.75) is 25.4 Å². The van der Waals surface area contributed by atoms with Crippen LogP contribution in [-0.2, 0) is 17.8 Å². The van der Waals surface area contributed by atoms with Crippen LogP contribution in [0.15, 0.2) is 53.2 Å². The average Bonchev–Trinajstić information content (AvgIpc) is 3.31. The van der Waals surface area contributed by atoms with E-state index in [1.165, 1.54) is 11.1 Å². The normalized spacial score (nSPS) is 21.3. The molecule has 4 heteroatoms. The molecule has 3 heterocycles. The Kier molecular flexibility index (Phi) is 4.22. The van der Waals surface area contributed by atoms with E-state index < -0.39 is 0 Å². The van der Waals surface area contributed by atoms with Crippen molar-refractivity contribution in [3.63, 3.8) is 0 Å². The molecule has 2 aliphatic rings. The summed E-state index contributed by atoms with van der Waals surface area (Å²) in [4.78, 5) is 16.8. The topological polar surface area (TPSA) is 36.7 Å². The predicted molar refractivity (Wildman–Crippen MR) is 93.3 cm³/mol. The van der Waals surface area contributed by atoms with Crippen molar-refractivity contribution < 1.29 is 9.21 Å². The van der Waals surface area contributed by atoms with E-state index in [0.29, 0.717) is 11.8 Å². The highest BCUT2D eigenvalue weighted by Gasteiger charge is 2.31. The SMILES string of the molecule is O=C(/C=C/c1ccco1)N1CCC(N2CCc3ccccc3C2)C1. The number of hydrogen-bond donors (Lipinski definition) is 0. The minimum atomic E-state index is 0.0753. The molecule has 1 amide bonds. The fraction of sp³-hybridized carbons (Fsp3) is 0.350. The van der Waals surface area contributed by atoms with Gasteiger partial charge >= 0.3 is 0 Å². The Morgan fingerprint density at radius 3 is 2.83 bits per heavy atom. The van der Waals surface area contributed by atoms with E-state index in [1.54, 1.807) is 18.4 Å². The van der Waals surface area contributed by atoms with Crippen LogP contribution in [0.5, 0.6) is 0 Å². The number of benzene rings is 1. The average molecular weight is 322 g/mol. The van der Waals surface area contributed by atoms with E-state index in [9.17, 15) is 4.79 Å². The van der Waals surface area contributed by atoms with Crippen molar-refractivity contribution in [3.8, 4) is 0 Å². The predicted octanol–water partition coefficient (Wildman–Crippen LogP) is 2.95. The summed E-state index contributed by atoms with van der Waals surface area (Å²) in [6.07, 6.45) is 7.14. The molecule has 1 aromatic heterocycles. The van der Waals surface area contributed by atoms with Gasteiger partial charge in [0, 0.05) is 38.3 Å². The molecule has 1 atom stereocenters. The molecule has 0 N–H and O–H groups in total. The maximum absolute atomic E-state index is 12.3. The van der Waals surface area contributed by atoms with Gasteiger partial charge < -0.3 is 9.32 Å². The molecule has 1 unspecified atom stereocenters. The zero-order chi connectivity index (χ0) is 16.4. The van der Waals surface area contributed by atoms with Crippen molar-refractivity contribution in [1.29, 1.82) is 0 Å². The van der Waals surface area contributed by atoms with Crippen LogP contribution in [-0.4, -0.2) is 41.4 Å². The maximum Gasteiger partial charge on any atom is 0.246 e. The summed E-state index contributed by atoms with van der Waals surface area (Å²) in [6.45, 7) is 3.75. The first kappa shape index (κ1) is 15.2. The second kappa shape index (κ2) is 6.65. The van der Waals surface area contributed by atoms with Crippen molar-refractivity contribution >= 4 is 12.0 Å². The van der Waals surface area contributed by atoms with Crippen LogP contribution < -0.4 is 0 Å². The summed E-state index contributed by atoms with van der Waals surface area (Å²) in [5.41, 5.74) is 2.91. The van der Waals surface area contributed by atoms with E-state index in [2.05, 4.69) is 29.2 Å². The van der Waals surface area contributed by atoms with Crippen LogP contribution in [0.4, 0.5) is 0 Å². The number of rotatable bonds is 3. The highest BCUT2D eigenvalue weighted by atomic mass is 16.3. The lowest BCUT2D eigenvalue weighted by Crippen LogP contribution is -2.41. The second-order valence-corrected chi connectivity index (χ2v) is 6.56. The number of likely N-dealkylation sites (tertiary alicyclic amines) is 1. The molecular formula is C20H22N2O2. The first-order valence-electron chi connectivity index (χ1n) is 8.61. The van der Waals surface area contributed by atoms with Crippen LogP contribution in [0.3, 0.4) is 0 Å². The van der Waals surface area contributed by atoms with Gasteiger partial charge in [0.1, 0.15) is 5.76 Å². The fourth-order valence-corrected chi connectivity index (χ4v) is 3.71. The van der Waals surface area contributed by atoms with Crippen LogP contribution >= 0.6 is 0 Å². The third kappa shape index (κ3) is 3.15. The molecule has 0 aliphatic carbocycles. The summed E-state index contributed by atoms with van der Waals surface area (Å²) >= 11 is 0. The van der Waals surface area contributed by atoms with Gasteiger partial charge in [0.2, 0.25) is 5.91 Å². The molecule has 0 spiro atoms. The largest absolute Gasteiger partial charge is 0.465 e. The van der Waals surface area contributed by atoms with Crippen LogP contribution in [0.25, 0.3) is 6.08 Å². The lowest BCUT2D eigenvalue weighted by Gasteiger charge is -2.33. The smallest absolute Gasteiger partial charge is 0.246 e. The van der Waals surface area contributed by atoms with Gasteiger partial charge in [-0.05, 0) is 42.2 Å². The van der Waals surface area contributed by atoms with Gasteiger partial charge in [-0.1, -0.05) is 24.3 Å². The molecule has 1 saturated heterocycles. The van der Waals surface area contributed by atoms with Gasteiger partial charge in [0.25, 0.3) is 0 Å². The molecule has 0 saturated carbocycles. The number of nitrogens with zero attached hydrogens (tertiary/aromatic N) is 2. The van der Waals surface area contributed by atoms with E-state index in [4.69, 9.17) is 4.42 Å². The molecule has 1 aromatic carbocycles. The van der Waals surface area contributed by atoms with Gasteiger partial charge in [-0.2, -0.15) is 0 Å². The third-order valence-corrected chi connectivity index (χ3v) is 5.08. The minimum Gasteiger partial charge on any atom is -0.465 e. The Hall–Kier alpha value is -2.33. The second-order valence-electron chi connectivity index (χ2n) is 6.56. The van der Waals surface area contributed by atoms with Crippen molar-refractivity contribution in [3.05, 3.63) is 65.6 Å². The molecule has 4 nitrogen and oxygen atoms in total. The van der Waals surface area contributed by atoms with Gasteiger partial charge in [-0.15, -0.1) is 0 Å². The van der Waals surface area contributed by atoms with E-state index in [-0.39, 0.29) is 5.91 Å². The monoisotopic (exact) mass is 322 g/mol. The van der Waals surface area contributed by atoms with Crippen LogP contribution in [0, 0.1) is 0 Å². The summed E-state index contributed by atoms with van der Waals surface area (Å²) in [6, 6.07) is 12.8. The Labute approximate surface area is 142 Å². The van der Waals surface area contributed by atoms with E-state index in [1.807, 2.05) is 17.0 Å². The molecule has 0 bridgehead atoms. The highest BCUT2D eigenvalue weighted by Crippen LogP contribution is 2.24. The quantitative estimate of drug-likeness (QED) is 0.815. The summed E-state index contributed by atoms with van der Waals surface area (Å²) in [7, 11) is 0. The molecule has 124 valence electrons. The molecule has 1 fully saturated rings. The Morgan fingerprint density at radius 1 is 1.12 bits per heavy atom. The van der Waals surface area contributed by atoms with E-state index >= 15 is 0 Å². The van der Waals surface area contributed by atoms with Gasteiger partial charge in [0.15, 0.2) is 0 Å². The Balaban J connectivity index is 1.36. The Morgan fingerprint density at radius 2 is 2.00 bits per heavy atom. The summed E-state index contributed by atoms with van der Waals surface area (Å²) in [5.74, 6) is 0.790. The lowest BCUT2D eigenvalue weighted by molar-refractivity contribution is -0.125. The molecule has 24 heavy (non-hydrogen) atoms. The van der Waals surface area contributed by atoms with Gasteiger partial charge in [-0.25, -0.2) is 0 Å². The first-order chi connectivity index (χ1) is 11.8. The zero-order valence-corrected chi connectivity index (χ0v) is 13.7. The number of carbonyl (C=O) groups excluding carboxylic acids is 1. The summed E-state index contributed by atoms with van der Waals surface area (Å²) < 4.78 is 5.23. The number of carbonyl (C=O) groups is 1. The van der Waals surface area contributed by atoms with E-state index in [0.717, 1.165) is 39.0 Å². The molecule has 4 rings (SSSR count). The zero-order valence-electron chi connectivity index (χ0n) is 13.7. The fourth-order valence-electron chi connectivity index (χ4n) is 3.71. The number of furan rings is 1. The minimum absolute atomic E-state index is 0.0753. The van der Waals surface area contributed by atoms with Crippen LogP contribution in [0.1, 0.15) is 23.3 Å². The maximum atomic E-state index is 12.3. The number of hydrogen-bond acceptors (Lipinski definition) is 3. The standard InChI is InChI=1S/C20H22N2O2/c23-20(8-7-19-6-3-13-24-19)22-12-10-18(15-22)21-11-9-16-4-1-2-5-17(16)14-21/h1-8,13,18H,9-12,14-15H2/b8-7+.